The van der Waals surface area contributed by atoms with Gasteiger partial charge < -0.3 is 9.47 Å². The molecule has 0 aliphatic rings. The molecule has 0 N–H and O–H groups in total. The molecule has 0 saturated heterocycles. The van der Waals surface area contributed by atoms with Gasteiger partial charge in [-0.15, -0.1) is 13.2 Å². The fourth-order valence-electron chi connectivity index (χ4n) is 1.32. The van der Waals surface area contributed by atoms with Gasteiger partial charge in [0, 0.05) is 17.1 Å². The lowest BCUT2D eigenvalue weighted by Crippen LogP contribution is -2.19. The quantitative estimate of drug-likeness (QED) is 0.799. The van der Waals surface area contributed by atoms with Gasteiger partial charge in [0.1, 0.15) is 0 Å². The van der Waals surface area contributed by atoms with Gasteiger partial charge in [-0.05, 0) is 5.56 Å². The molecule has 8 heteroatoms. The van der Waals surface area contributed by atoms with Crippen LogP contribution in [0.15, 0.2) is 6.20 Å². The van der Waals surface area contributed by atoms with Crippen LogP contribution in [0.1, 0.15) is 11.1 Å². The smallest absolute Gasteiger partial charge is 0.491 e. The Labute approximate surface area is 109 Å². The lowest BCUT2D eigenvalue weighted by molar-refractivity contribution is -0.276. The van der Waals surface area contributed by atoms with E-state index in [9.17, 15) is 13.2 Å². The highest BCUT2D eigenvalue weighted by Crippen LogP contribution is 2.35. The first kappa shape index (κ1) is 14.6. The van der Waals surface area contributed by atoms with E-state index in [-0.39, 0.29) is 17.5 Å². The maximum atomic E-state index is 12.2. The summed E-state index contributed by atoms with van der Waals surface area (Å²) in [5.41, 5.74) is 0.897. The normalized spacial score (nSPS) is 10.9. The van der Waals surface area contributed by atoms with E-state index in [2.05, 4.69) is 25.7 Å². The molecule has 1 aromatic heterocycles. The van der Waals surface area contributed by atoms with Gasteiger partial charge in [-0.1, -0.05) is 15.9 Å². The zero-order valence-corrected chi connectivity index (χ0v) is 10.8. The third-order valence-electron chi connectivity index (χ3n) is 2.01. The van der Waals surface area contributed by atoms with Crippen molar-refractivity contribution in [2.75, 3.05) is 7.11 Å². The molecule has 98 valence electrons. The van der Waals surface area contributed by atoms with E-state index in [1.54, 1.807) is 0 Å². The van der Waals surface area contributed by atoms with Gasteiger partial charge >= 0.3 is 6.36 Å². The van der Waals surface area contributed by atoms with Gasteiger partial charge in [-0.3, -0.25) is 0 Å². The molecule has 1 heterocycles. The Morgan fingerprint density at radius 2 is 2.17 bits per heavy atom. The van der Waals surface area contributed by atoms with Crippen LogP contribution in [0.25, 0.3) is 0 Å². The molecule has 0 aliphatic carbocycles. The number of hydrogen-bond acceptors (Lipinski definition) is 4. The zero-order chi connectivity index (χ0) is 13.8. The highest BCUT2D eigenvalue weighted by Gasteiger charge is 2.34. The highest BCUT2D eigenvalue weighted by molar-refractivity contribution is 9.08. The number of aromatic nitrogens is 1. The second kappa shape index (κ2) is 5.91. The number of nitriles is 1. The number of ether oxygens (including phenoxy) is 2. The lowest BCUT2D eigenvalue weighted by Gasteiger charge is -2.15. The van der Waals surface area contributed by atoms with Crippen molar-refractivity contribution in [1.82, 2.24) is 4.98 Å². The van der Waals surface area contributed by atoms with Crippen LogP contribution < -0.4 is 9.47 Å². The first-order valence-electron chi connectivity index (χ1n) is 4.66. The van der Waals surface area contributed by atoms with Crippen molar-refractivity contribution in [3.8, 4) is 17.7 Å². The maximum absolute atomic E-state index is 12.2. The molecule has 0 amide bonds. The monoisotopic (exact) mass is 324 g/mol. The van der Waals surface area contributed by atoms with Crippen LogP contribution in [-0.4, -0.2) is 18.5 Å². The molecule has 0 aliphatic heterocycles. The molecule has 0 radical (unpaired) electrons. The van der Waals surface area contributed by atoms with E-state index >= 15 is 0 Å². The highest BCUT2D eigenvalue weighted by atomic mass is 79.9. The van der Waals surface area contributed by atoms with Crippen molar-refractivity contribution in [2.24, 2.45) is 0 Å². The third-order valence-corrected chi connectivity index (χ3v) is 2.57. The minimum atomic E-state index is -4.85. The molecule has 0 saturated carbocycles. The summed E-state index contributed by atoms with van der Waals surface area (Å²) in [4.78, 5) is 3.52. The minimum absolute atomic E-state index is 0.0244. The predicted octanol–water partition coefficient (Wildman–Crippen LogP) is 2.95. The molecule has 4 nitrogen and oxygen atoms in total. The summed E-state index contributed by atoms with van der Waals surface area (Å²) in [6, 6.07) is 1.90. The van der Waals surface area contributed by atoms with Crippen molar-refractivity contribution < 1.29 is 22.6 Å². The Bertz CT molecular complexity index is 471. The first-order valence-corrected chi connectivity index (χ1v) is 5.78. The van der Waals surface area contributed by atoms with Crippen molar-refractivity contribution in [1.29, 1.82) is 5.26 Å². The van der Waals surface area contributed by atoms with E-state index in [1.165, 1.54) is 13.3 Å². The number of hydrogen-bond donors (Lipinski definition) is 0. The van der Waals surface area contributed by atoms with E-state index in [4.69, 9.17) is 10.00 Å². The fourth-order valence-corrected chi connectivity index (χ4v) is 1.94. The molecule has 0 unspecified atom stereocenters. The Balaban J connectivity index is 3.26. The van der Waals surface area contributed by atoms with Crippen LogP contribution in [0.4, 0.5) is 13.2 Å². The molecular formula is C10H8BrF3N2O2. The van der Waals surface area contributed by atoms with Crippen molar-refractivity contribution in [2.45, 2.75) is 18.1 Å². The topological polar surface area (TPSA) is 55.1 Å². The summed E-state index contributed by atoms with van der Waals surface area (Å²) in [6.45, 7) is 0. The van der Waals surface area contributed by atoms with Crippen LogP contribution in [0.5, 0.6) is 11.6 Å². The summed E-state index contributed by atoms with van der Waals surface area (Å²) in [5, 5.41) is 8.84. The van der Waals surface area contributed by atoms with Gasteiger partial charge in [0.05, 0.1) is 19.6 Å². The Morgan fingerprint density at radius 3 is 2.61 bits per heavy atom. The fraction of sp³-hybridized carbons (Fsp3) is 0.400. The Kier molecular flexibility index (Phi) is 4.78. The van der Waals surface area contributed by atoms with Gasteiger partial charge in [-0.2, -0.15) is 5.26 Å². The second-order valence-electron chi connectivity index (χ2n) is 3.12. The Hall–Kier alpha value is -1.49. The lowest BCUT2D eigenvalue weighted by atomic mass is 10.1. The average Bonchev–Trinajstić information content (AvgIpc) is 2.28. The summed E-state index contributed by atoms with van der Waals surface area (Å²) >= 11 is 3.13. The molecule has 1 rings (SSSR count). The molecule has 18 heavy (non-hydrogen) atoms. The van der Waals surface area contributed by atoms with E-state index in [0.717, 1.165) is 0 Å². The molecule has 0 aromatic carbocycles. The average molecular weight is 325 g/mol. The van der Waals surface area contributed by atoms with E-state index < -0.39 is 12.2 Å². The summed E-state index contributed by atoms with van der Waals surface area (Å²) in [5.74, 6) is -0.793. The largest absolute Gasteiger partial charge is 0.574 e. The van der Waals surface area contributed by atoms with E-state index in [0.29, 0.717) is 11.1 Å². The van der Waals surface area contributed by atoms with Crippen LogP contribution in [0, 0.1) is 11.3 Å². The van der Waals surface area contributed by atoms with Gasteiger partial charge in [0.25, 0.3) is 5.88 Å². The number of methoxy groups -OCH3 is 1. The zero-order valence-electron chi connectivity index (χ0n) is 9.21. The molecule has 1 aromatic rings. The van der Waals surface area contributed by atoms with Gasteiger partial charge in [0.15, 0.2) is 5.75 Å². The van der Waals surface area contributed by atoms with Crippen molar-refractivity contribution in [3.05, 3.63) is 17.3 Å². The van der Waals surface area contributed by atoms with E-state index in [1.807, 2.05) is 6.07 Å². The predicted molar refractivity (Wildman–Crippen MR) is 59.4 cm³/mol. The SMILES string of the molecule is COc1c(OC(F)(F)F)ncc(CC#N)c1CBr. The molecule has 0 spiro atoms. The number of halogens is 4. The molecule has 0 bridgehead atoms. The maximum Gasteiger partial charge on any atom is 0.574 e. The third kappa shape index (κ3) is 3.50. The van der Waals surface area contributed by atoms with Crippen LogP contribution in [-0.2, 0) is 11.8 Å². The molecular weight excluding hydrogens is 317 g/mol. The van der Waals surface area contributed by atoms with Crippen molar-refractivity contribution >= 4 is 15.9 Å². The first-order chi connectivity index (χ1) is 8.42. The minimum Gasteiger partial charge on any atom is -0.491 e. The van der Waals surface area contributed by atoms with Crippen molar-refractivity contribution in [3.63, 3.8) is 0 Å². The molecule has 0 fully saturated rings. The second-order valence-corrected chi connectivity index (χ2v) is 3.68. The van der Waals surface area contributed by atoms with Gasteiger partial charge in [-0.25, -0.2) is 4.98 Å². The van der Waals surface area contributed by atoms with Crippen LogP contribution >= 0.6 is 15.9 Å². The van der Waals surface area contributed by atoms with Gasteiger partial charge in [0.2, 0.25) is 0 Å². The number of rotatable bonds is 4. The standard InChI is InChI=1S/C10H8BrF3N2O2/c1-17-8-7(4-11)6(2-3-15)5-16-9(8)18-10(12,13)14/h5H,2,4H2,1H3. The number of pyridine rings is 1. The van der Waals surface area contributed by atoms with Crippen LogP contribution in [0.2, 0.25) is 0 Å². The summed E-state index contributed by atoms with van der Waals surface area (Å²) in [6.07, 6.45) is -3.65. The summed E-state index contributed by atoms with van der Waals surface area (Å²) < 4.78 is 45.1. The number of alkyl halides is 4. The molecule has 0 atom stereocenters. The Morgan fingerprint density at radius 1 is 1.50 bits per heavy atom. The van der Waals surface area contributed by atoms with Crippen LogP contribution in [0.3, 0.4) is 0 Å². The summed E-state index contributed by atoms with van der Waals surface area (Å²) in [7, 11) is 1.21. The number of nitrogens with zero attached hydrogens (tertiary/aromatic N) is 2.